The van der Waals surface area contributed by atoms with Crippen LogP contribution >= 0.6 is 0 Å². The Hall–Kier alpha value is -6.70. The van der Waals surface area contributed by atoms with Gasteiger partial charge in [-0.2, -0.15) is 0 Å². The minimum absolute atomic E-state index is 1.16. The lowest BCUT2D eigenvalue weighted by Crippen LogP contribution is -2.14. The third kappa shape index (κ3) is 5.32. The predicted molar refractivity (Wildman–Crippen MR) is 231 cm³/mol. The van der Waals surface area contributed by atoms with Gasteiger partial charge in [-0.05, 0) is 169 Å². The van der Waals surface area contributed by atoms with E-state index >= 15 is 0 Å². The van der Waals surface area contributed by atoms with E-state index in [0.29, 0.717) is 0 Å². The number of rotatable bonds is 6. The van der Waals surface area contributed by atoms with E-state index in [1.807, 2.05) is 0 Å². The second-order valence-electron chi connectivity index (χ2n) is 14.7. The van der Waals surface area contributed by atoms with Gasteiger partial charge in [0.25, 0.3) is 0 Å². The molecule has 54 heavy (non-hydrogen) atoms. The van der Waals surface area contributed by atoms with Crippen LogP contribution in [0, 0.1) is 20.8 Å². The lowest BCUT2D eigenvalue weighted by molar-refractivity contribution is 1.20. The minimum Gasteiger partial charge on any atom is -0.310 e. The van der Waals surface area contributed by atoms with Crippen LogP contribution in [0.25, 0.3) is 77.2 Å². The predicted octanol–water partition coefficient (Wildman–Crippen LogP) is 15.0. The van der Waals surface area contributed by atoms with Crippen molar-refractivity contribution < 1.29 is 0 Å². The van der Waals surface area contributed by atoms with Gasteiger partial charge in [-0.3, -0.25) is 0 Å². The summed E-state index contributed by atoms with van der Waals surface area (Å²) in [5.74, 6) is 0. The van der Waals surface area contributed by atoms with Crippen molar-refractivity contribution in [2.24, 2.45) is 0 Å². The van der Waals surface area contributed by atoms with Crippen LogP contribution < -0.4 is 4.90 Å². The van der Waals surface area contributed by atoms with E-state index in [4.69, 9.17) is 0 Å². The fourth-order valence-corrected chi connectivity index (χ4v) is 8.52. The van der Waals surface area contributed by atoms with Crippen molar-refractivity contribution in [3.63, 3.8) is 0 Å². The molecule has 0 saturated carbocycles. The molecule has 1 aliphatic carbocycles. The Kier molecular flexibility index (Phi) is 7.56. The highest BCUT2D eigenvalue weighted by molar-refractivity contribution is 6.13. The van der Waals surface area contributed by atoms with Gasteiger partial charge >= 0.3 is 0 Å². The molecule has 0 aliphatic heterocycles. The molecule has 0 unspecified atom stereocenters. The van der Waals surface area contributed by atoms with Crippen LogP contribution in [0.4, 0.5) is 17.1 Å². The average Bonchev–Trinajstić information content (AvgIpc) is 3.22. The Bertz CT molecular complexity index is 2870. The summed E-state index contributed by atoms with van der Waals surface area (Å²) in [5.41, 5.74) is 20.1. The number of anilines is 3. The first-order valence-electron chi connectivity index (χ1n) is 18.8. The number of hydrogen-bond acceptors (Lipinski definition) is 1. The van der Waals surface area contributed by atoms with E-state index in [-0.39, 0.29) is 0 Å². The first-order chi connectivity index (χ1) is 26.5. The fraction of sp³-hybridized carbons (Fsp3) is 0.0566. The molecule has 0 spiro atoms. The SMILES string of the molecule is Cc1ccc(-c2ccccc2)cc1N(c1ccc2cc3c(cc2c1)-c1cc2cc(-c4ccccc4)c(-c4ccccc4)cc2cc1-3)c1c(C)cccc1C. The number of fused-ring (bicyclic) bond motifs is 6. The third-order valence-corrected chi connectivity index (χ3v) is 11.3. The number of para-hydroxylation sites is 1. The van der Waals surface area contributed by atoms with Gasteiger partial charge < -0.3 is 4.90 Å². The maximum Gasteiger partial charge on any atom is 0.0520 e. The average molecular weight is 690 g/mol. The normalized spacial score (nSPS) is 11.6. The molecular formula is C53H39N. The fourth-order valence-electron chi connectivity index (χ4n) is 8.52. The topological polar surface area (TPSA) is 3.24 Å². The summed E-state index contributed by atoms with van der Waals surface area (Å²) in [5, 5.41) is 5.03. The summed E-state index contributed by atoms with van der Waals surface area (Å²) in [7, 11) is 0. The monoisotopic (exact) mass is 689 g/mol. The molecule has 1 nitrogen and oxygen atoms in total. The van der Waals surface area contributed by atoms with E-state index in [1.165, 1.54) is 105 Å². The molecule has 256 valence electrons. The molecule has 9 aromatic rings. The zero-order valence-corrected chi connectivity index (χ0v) is 30.8. The van der Waals surface area contributed by atoms with Gasteiger partial charge in [-0.1, -0.05) is 127 Å². The third-order valence-electron chi connectivity index (χ3n) is 11.3. The minimum atomic E-state index is 1.16. The van der Waals surface area contributed by atoms with Crippen molar-refractivity contribution in [3.05, 3.63) is 199 Å². The molecule has 0 saturated heterocycles. The Morgan fingerprint density at radius 2 is 0.759 bits per heavy atom. The molecule has 0 aromatic heterocycles. The Labute approximate surface area is 317 Å². The highest BCUT2D eigenvalue weighted by Crippen LogP contribution is 2.52. The maximum absolute atomic E-state index is 2.47. The highest BCUT2D eigenvalue weighted by Gasteiger charge is 2.26. The van der Waals surface area contributed by atoms with E-state index in [2.05, 4.69) is 208 Å². The van der Waals surface area contributed by atoms with Crippen LogP contribution in [0.2, 0.25) is 0 Å². The lowest BCUT2D eigenvalue weighted by atomic mass is 9.77. The molecule has 0 radical (unpaired) electrons. The van der Waals surface area contributed by atoms with Crippen molar-refractivity contribution in [1.29, 1.82) is 0 Å². The molecule has 1 aliphatic rings. The van der Waals surface area contributed by atoms with Crippen LogP contribution in [0.15, 0.2) is 182 Å². The maximum atomic E-state index is 2.47. The van der Waals surface area contributed by atoms with E-state index in [9.17, 15) is 0 Å². The Morgan fingerprint density at radius 3 is 1.30 bits per heavy atom. The molecule has 0 heterocycles. The smallest absolute Gasteiger partial charge is 0.0520 e. The molecule has 0 N–H and O–H groups in total. The van der Waals surface area contributed by atoms with Crippen molar-refractivity contribution in [3.8, 4) is 55.6 Å². The van der Waals surface area contributed by atoms with Crippen molar-refractivity contribution >= 4 is 38.6 Å². The quantitative estimate of drug-likeness (QED) is 0.168. The summed E-state index contributed by atoms with van der Waals surface area (Å²) < 4.78 is 0. The van der Waals surface area contributed by atoms with Gasteiger partial charge in [-0.25, -0.2) is 0 Å². The molecule has 0 atom stereocenters. The van der Waals surface area contributed by atoms with Gasteiger partial charge in [0.05, 0.1) is 5.69 Å². The molecule has 1 heteroatoms. The summed E-state index contributed by atoms with van der Waals surface area (Å²) in [6.45, 7) is 6.67. The van der Waals surface area contributed by atoms with Crippen molar-refractivity contribution in [2.75, 3.05) is 4.90 Å². The first kappa shape index (κ1) is 32.0. The summed E-state index contributed by atoms with van der Waals surface area (Å²) >= 11 is 0. The van der Waals surface area contributed by atoms with Gasteiger partial charge in [0.2, 0.25) is 0 Å². The summed E-state index contributed by atoms with van der Waals surface area (Å²) in [6, 6.07) is 67.1. The second-order valence-corrected chi connectivity index (χ2v) is 14.7. The van der Waals surface area contributed by atoms with E-state index in [0.717, 1.165) is 5.69 Å². The molecule has 0 bridgehead atoms. The van der Waals surface area contributed by atoms with Gasteiger partial charge in [0, 0.05) is 11.4 Å². The molecule has 0 fully saturated rings. The number of hydrogen-bond donors (Lipinski definition) is 0. The Morgan fingerprint density at radius 1 is 0.296 bits per heavy atom. The van der Waals surface area contributed by atoms with Gasteiger partial charge in [0.15, 0.2) is 0 Å². The standard InChI is InChI=1S/C53H39N/c1-34-22-23-41(37-16-7-4-8-17-37)33-52(34)54(53-35(2)14-13-15-36(53)3)45-25-24-40-27-48-49(30-42(40)26-45)51-32-44-29-47(39-20-11-6-12-21-39)46(28-43(44)31-50(48)51)38-18-9-5-10-19-38/h4-33H,1-3H3. The highest BCUT2D eigenvalue weighted by atomic mass is 15.1. The summed E-state index contributed by atoms with van der Waals surface area (Å²) in [4.78, 5) is 2.47. The zero-order chi connectivity index (χ0) is 36.3. The molecule has 9 aromatic carbocycles. The number of nitrogens with zero attached hydrogens (tertiary/aromatic N) is 1. The van der Waals surface area contributed by atoms with E-state index in [1.54, 1.807) is 0 Å². The van der Waals surface area contributed by atoms with Crippen LogP contribution in [-0.2, 0) is 0 Å². The largest absolute Gasteiger partial charge is 0.310 e. The number of benzene rings is 9. The Balaban J connectivity index is 1.11. The molecule has 10 rings (SSSR count). The van der Waals surface area contributed by atoms with Crippen LogP contribution in [0.5, 0.6) is 0 Å². The second kappa shape index (κ2) is 12.8. The van der Waals surface area contributed by atoms with Crippen LogP contribution in [-0.4, -0.2) is 0 Å². The van der Waals surface area contributed by atoms with Crippen LogP contribution in [0.1, 0.15) is 16.7 Å². The molecular weight excluding hydrogens is 651 g/mol. The van der Waals surface area contributed by atoms with E-state index < -0.39 is 0 Å². The van der Waals surface area contributed by atoms with Gasteiger partial charge in [0.1, 0.15) is 0 Å². The molecule has 0 amide bonds. The lowest BCUT2D eigenvalue weighted by Gasteiger charge is -2.31. The van der Waals surface area contributed by atoms with Crippen LogP contribution in [0.3, 0.4) is 0 Å². The zero-order valence-electron chi connectivity index (χ0n) is 30.8. The number of aryl methyl sites for hydroxylation is 3. The van der Waals surface area contributed by atoms with Gasteiger partial charge in [-0.15, -0.1) is 0 Å². The summed E-state index contributed by atoms with van der Waals surface area (Å²) in [6.07, 6.45) is 0. The van der Waals surface area contributed by atoms with Crippen molar-refractivity contribution in [1.82, 2.24) is 0 Å². The van der Waals surface area contributed by atoms with Crippen molar-refractivity contribution in [2.45, 2.75) is 20.8 Å². The first-order valence-corrected chi connectivity index (χ1v) is 18.8.